The van der Waals surface area contributed by atoms with Gasteiger partial charge in [-0.1, -0.05) is 23.4 Å². The van der Waals surface area contributed by atoms with E-state index in [0.717, 1.165) is 16.5 Å². The molecule has 0 aliphatic carbocycles. The number of furan rings is 1. The van der Waals surface area contributed by atoms with E-state index in [9.17, 15) is 0 Å². The molecule has 3 rings (SSSR count). The molecule has 1 N–H and O–H groups in total. The van der Waals surface area contributed by atoms with Gasteiger partial charge in [-0.25, -0.2) is 0 Å². The quantitative estimate of drug-likeness (QED) is 0.742. The van der Waals surface area contributed by atoms with Gasteiger partial charge in [0.1, 0.15) is 5.58 Å². The maximum atomic E-state index is 5.45. The summed E-state index contributed by atoms with van der Waals surface area (Å²) in [5.74, 6) is 0.651. The van der Waals surface area contributed by atoms with Crippen molar-refractivity contribution in [3.05, 3.63) is 48.3 Å². The van der Waals surface area contributed by atoms with Gasteiger partial charge in [-0.05, 0) is 6.07 Å². The summed E-state index contributed by atoms with van der Waals surface area (Å²) in [4.78, 5) is 3.93. The average Bonchev–Trinajstić information content (AvgIpc) is 2.99. The number of rotatable bonds is 4. The van der Waals surface area contributed by atoms with Crippen molar-refractivity contribution in [1.29, 1.82) is 0 Å². The van der Waals surface area contributed by atoms with Crippen molar-refractivity contribution in [2.24, 2.45) is 0 Å². The summed E-state index contributed by atoms with van der Waals surface area (Å²) in [5.41, 5.74) is 2.04. The van der Waals surface area contributed by atoms with Crippen LogP contribution in [0, 0.1) is 0 Å². The van der Waals surface area contributed by atoms with Crippen LogP contribution in [0.5, 0.6) is 0 Å². The molecule has 0 saturated heterocycles. The molecule has 2 heterocycles. The first-order valence-corrected chi connectivity index (χ1v) is 5.34. The van der Waals surface area contributed by atoms with Crippen LogP contribution in [0.15, 0.2) is 45.9 Å². The molecule has 5 nitrogen and oxygen atoms in total. The maximum Gasteiger partial charge on any atom is 0.213 e. The van der Waals surface area contributed by atoms with Gasteiger partial charge < -0.3 is 14.3 Å². The van der Waals surface area contributed by atoms with Crippen LogP contribution in [0.3, 0.4) is 0 Å². The third-order valence-electron chi connectivity index (χ3n) is 2.57. The normalized spacial score (nSPS) is 11.1. The molecule has 86 valence electrons. The third-order valence-corrected chi connectivity index (χ3v) is 2.57. The zero-order valence-electron chi connectivity index (χ0n) is 9.09. The molecule has 0 amide bonds. The van der Waals surface area contributed by atoms with E-state index in [0.29, 0.717) is 18.9 Å². The lowest BCUT2D eigenvalue weighted by Gasteiger charge is -1.99. The topological polar surface area (TPSA) is 64.1 Å². The van der Waals surface area contributed by atoms with Gasteiger partial charge in [-0.2, -0.15) is 4.98 Å². The van der Waals surface area contributed by atoms with Gasteiger partial charge in [0, 0.05) is 17.5 Å². The number of aromatic nitrogens is 2. The van der Waals surface area contributed by atoms with E-state index in [1.54, 1.807) is 6.26 Å². The molecule has 3 aromatic rings. The van der Waals surface area contributed by atoms with Gasteiger partial charge in [0.05, 0.1) is 12.8 Å². The molecule has 5 heteroatoms. The van der Waals surface area contributed by atoms with E-state index in [4.69, 9.17) is 4.42 Å². The predicted molar refractivity (Wildman–Crippen MR) is 61.1 cm³/mol. The Kier molecular flexibility index (Phi) is 2.59. The first-order chi connectivity index (χ1) is 8.43. The van der Waals surface area contributed by atoms with Crippen LogP contribution in [-0.4, -0.2) is 10.1 Å². The maximum absolute atomic E-state index is 5.45. The molecule has 0 aliphatic rings. The highest BCUT2D eigenvalue weighted by Crippen LogP contribution is 2.20. The Labute approximate surface area is 97.4 Å². The van der Waals surface area contributed by atoms with E-state index < -0.39 is 0 Å². The number of nitrogens with zero attached hydrogens (tertiary/aromatic N) is 2. The number of fused-ring (bicyclic) bond motifs is 1. The van der Waals surface area contributed by atoms with E-state index in [1.165, 1.54) is 6.39 Å². The Morgan fingerprint density at radius 2 is 2.12 bits per heavy atom. The third kappa shape index (κ3) is 2.05. The molecule has 0 radical (unpaired) electrons. The number of hydrogen-bond acceptors (Lipinski definition) is 5. The fraction of sp³-hybridized carbons (Fsp3) is 0.167. The molecule has 1 aromatic carbocycles. The molecule has 2 aromatic heterocycles. The van der Waals surface area contributed by atoms with Crippen LogP contribution in [0.2, 0.25) is 0 Å². The van der Waals surface area contributed by atoms with Crippen molar-refractivity contribution in [2.75, 3.05) is 0 Å². The summed E-state index contributed by atoms with van der Waals surface area (Å²) >= 11 is 0. The average molecular weight is 229 g/mol. The zero-order valence-corrected chi connectivity index (χ0v) is 9.09. The lowest BCUT2D eigenvalue weighted by molar-refractivity contribution is 0.407. The SMILES string of the molecule is c1ccc2c(CNCc3ncon3)coc2c1. The molecular weight excluding hydrogens is 218 g/mol. The van der Waals surface area contributed by atoms with Gasteiger partial charge in [-0.3, -0.25) is 0 Å². The Bertz CT molecular complexity index is 601. The van der Waals surface area contributed by atoms with Crippen LogP contribution in [0.1, 0.15) is 11.4 Å². The summed E-state index contributed by atoms with van der Waals surface area (Å²) in [5, 5.41) is 8.10. The minimum atomic E-state index is 0.579. The first-order valence-electron chi connectivity index (χ1n) is 5.34. The van der Waals surface area contributed by atoms with Crippen molar-refractivity contribution >= 4 is 11.0 Å². The van der Waals surface area contributed by atoms with Crippen LogP contribution in [0.25, 0.3) is 11.0 Å². The Morgan fingerprint density at radius 1 is 1.18 bits per heavy atom. The monoisotopic (exact) mass is 229 g/mol. The van der Waals surface area contributed by atoms with E-state index >= 15 is 0 Å². The van der Waals surface area contributed by atoms with Gasteiger partial charge in [-0.15, -0.1) is 0 Å². The van der Waals surface area contributed by atoms with E-state index in [2.05, 4.69) is 20.0 Å². The number of hydrogen-bond donors (Lipinski definition) is 1. The van der Waals surface area contributed by atoms with Crippen LogP contribution < -0.4 is 5.32 Å². The van der Waals surface area contributed by atoms with Crippen LogP contribution >= 0.6 is 0 Å². The van der Waals surface area contributed by atoms with E-state index in [1.807, 2.05) is 24.3 Å². The van der Waals surface area contributed by atoms with Crippen molar-refractivity contribution in [1.82, 2.24) is 15.5 Å². The summed E-state index contributed by atoms with van der Waals surface area (Å²) in [7, 11) is 0. The predicted octanol–water partition coefficient (Wildman–Crippen LogP) is 2.11. The Morgan fingerprint density at radius 3 is 3.00 bits per heavy atom. The summed E-state index contributed by atoms with van der Waals surface area (Å²) in [6, 6.07) is 7.96. The molecule has 0 saturated carbocycles. The highest BCUT2D eigenvalue weighted by Gasteiger charge is 2.04. The van der Waals surface area contributed by atoms with E-state index in [-0.39, 0.29) is 0 Å². The smallest absolute Gasteiger partial charge is 0.213 e. The Balaban J connectivity index is 1.69. The Hall–Kier alpha value is -2.14. The van der Waals surface area contributed by atoms with Crippen molar-refractivity contribution in [3.63, 3.8) is 0 Å². The second-order valence-electron chi connectivity index (χ2n) is 3.71. The molecule has 17 heavy (non-hydrogen) atoms. The zero-order chi connectivity index (χ0) is 11.5. The fourth-order valence-electron chi connectivity index (χ4n) is 1.75. The highest BCUT2D eigenvalue weighted by molar-refractivity contribution is 5.80. The molecule has 0 bridgehead atoms. The second kappa shape index (κ2) is 4.39. The van der Waals surface area contributed by atoms with Gasteiger partial charge >= 0.3 is 0 Å². The number of para-hydroxylation sites is 1. The van der Waals surface area contributed by atoms with Gasteiger partial charge in [0.2, 0.25) is 6.39 Å². The van der Waals surface area contributed by atoms with Gasteiger partial charge in [0.15, 0.2) is 5.82 Å². The number of benzene rings is 1. The van der Waals surface area contributed by atoms with Crippen molar-refractivity contribution < 1.29 is 8.94 Å². The molecule has 0 atom stereocenters. The standard InChI is InChI=1S/C12H11N3O2/c1-2-4-11-10(3-1)9(7-16-11)5-13-6-12-14-8-17-15-12/h1-4,7-8,13H,5-6H2. The highest BCUT2D eigenvalue weighted by atomic mass is 16.5. The summed E-state index contributed by atoms with van der Waals surface area (Å²) in [6.07, 6.45) is 3.10. The van der Waals surface area contributed by atoms with Crippen molar-refractivity contribution in [2.45, 2.75) is 13.1 Å². The van der Waals surface area contributed by atoms with Crippen LogP contribution in [0.4, 0.5) is 0 Å². The molecule has 0 fully saturated rings. The fourth-order valence-corrected chi connectivity index (χ4v) is 1.75. The molecular formula is C12H11N3O2. The summed E-state index contributed by atoms with van der Waals surface area (Å²) in [6.45, 7) is 1.29. The number of nitrogens with one attached hydrogen (secondary N) is 1. The summed E-state index contributed by atoms with van der Waals surface area (Å²) < 4.78 is 10.1. The molecule has 0 spiro atoms. The van der Waals surface area contributed by atoms with Crippen LogP contribution in [-0.2, 0) is 13.1 Å². The lowest BCUT2D eigenvalue weighted by atomic mass is 10.2. The molecule has 0 unspecified atom stereocenters. The largest absolute Gasteiger partial charge is 0.464 e. The first kappa shape index (κ1) is 10.0. The minimum Gasteiger partial charge on any atom is -0.464 e. The second-order valence-corrected chi connectivity index (χ2v) is 3.71. The van der Waals surface area contributed by atoms with Gasteiger partial charge in [0.25, 0.3) is 0 Å². The minimum absolute atomic E-state index is 0.579. The lowest BCUT2D eigenvalue weighted by Crippen LogP contribution is -2.13. The van der Waals surface area contributed by atoms with Crippen molar-refractivity contribution in [3.8, 4) is 0 Å². The molecule has 0 aliphatic heterocycles.